The van der Waals surface area contributed by atoms with Crippen molar-refractivity contribution in [3.63, 3.8) is 0 Å². The van der Waals surface area contributed by atoms with E-state index in [2.05, 4.69) is 5.32 Å². The van der Waals surface area contributed by atoms with Crippen molar-refractivity contribution in [3.8, 4) is 0 Å². The summed E-state index contributed by atoms with van der Waals surface area (Å²) in [6.07, 6.45) is 0.131. The predicted octanol–water partition coefficient (Wildman–Crippen LogP) is 0.899. The third-order valence-corrected chi connectivity index (χ3v) is 2.11. The van der Waals surface area contributed by atoms with Crippen LogP contribution in [0.2, 0.25) is 0 Å². The Morgan fingerprint density at radius 2 is 2.11 bits per heavy atom. The Kier molecular flexibility index (Phi) is 5.75. The molecule has 0 spiro atoms. The SMILES string of the molecule is NCCOCCC(=O)Nc1ccccc1[N+](=O)[O-]. The molecule has 0 aliphatic rings. The quantitative estimate of drug-likeness (QED) is 0.426. The van der Waals surface area contributed by atoms with E-state index in [0.29, 0.717) is 13.2 Å². The molecule has 0 aromatic heterocycles. The summed E-state index contributed by atoms with van der Waals surface area (Å²) in [6, 6.07) is 5.98. The summed E-state index contributed by atoms with van der Waals surface area (Å²) in [5, 5.41) is 13.2. The number of benzene rings is 1. The third-order valence-electron chi connectivity index (χ3n) is 2.11. The molecule has 98 valence electrons. The molecule has 0 fully saturated rings. The first-order valence-corrected chi connectivity index (χ1v) is 5.46. The molecule has 0 saturated heterocycles. The second-order valence-electron chi connectivity index (χ2n) is 3.47. The minimum atomic E-state index is -0.541. The van der Waals surface area contributed by atoms with Crippen molar-refractivity contribution in [1.82, 2.24) is 0 Å². The number of carbonyl (C=O) groups excluding carboxylic acids is 1. The summed E-state index contributed by atoms with van der Waals surface area (Å²) in [5.41, 5.74) is 5.28. The number of rotatable bonds is 7. The van der Waals surface area contributed by atoms with Gasteiger partial charge >= 0.3 is 0 Å². The van der Waals surface area contributed by atoms with Crippen LogP contribution in [0.5, 0.6) is 0 Å². The summed E-state index contributed by atoms with van der Waals surface area (Å²) < 4.78 is 5.05. The molecule has 18 heavy (non-hydrogen) atoms. The Balaban J connectivity index is 2.51. The molecule has 0 aliphatic heterocycles. The van der Waals surface area contributed by atoms with Gasteiger partial charge in [-0.25, -0.2) is 0 Å². The number of ether oxygens (including phenoxy) is 1. The highest BCUT2D eigenvalue weighted by Crippen LogP contribution is 2.23. The van der Waals surface area contributed by atoms with E-state index in [0.717, 1.165) is 0 Å². The number of amides is 1. The summed E-state index contributed by atoms with van der Waals surface area (Å²) in [7, 11) is 0. The van der Waals surface area contributed by atoms with Crippen molar-refractivity contribution in [1.29, 1.82) is 0 Å². The van der Waals surface area contributed by atoms with Crippen molar-refractivity contribution in [3.05, 3.63) is 34.4 Å². The largest absolute Gasteiger partial charge is 0.380 e. The normalized spacial score (nSPS) is 10.1. The van der Waals surface area contributed by atoms with Gasteiger partial charge in [0.2, 0.25) is 5.91 Å². The van der Waals surface area contributed by atoms with Crippen LogP contribution < -0.4 is 11.1 Å². The third kappa shape index (κ3) is 4.48. The summed E-state index contributed by atoms with van der Waals surface area (Å²) >= 11 is 0. The van der Waals surface area contributed by atoms with Gasteiger partial charge in [-0.15, -0.1) is 0 Å². The number of hydrogen-bond acceptors (Lipinski definition) is 5. The molecule has 1 amide bonds. The lowest BCUT2D eigenvalue weighted by molar-refractivity contribution is -0.383. The highest BCUT2D eigenvalue weighted by Gasteiger charge is 2.14. The minimum Gasteiger partial charge on any atom is -0.380 e. The molecule has 1 rings (SSSR count). The molecule has 1 aromatic rings. The van der Waals surface area contributed by atoms with Crippen molar-refractivity contribution in [2.75, 3.05) is 25.1 Å². The van der Waals surface area contributed by atoms with Gasteiger partial charge in [0.25, 0.3) is 5.69 Å². The number of nitro benzene ring substituents is 1. The van der Waals surface area contributed by atoms with E-state index >= 15 is 0 Å². The van der Waals surface area contributed by atoms with Gasteiger partial charge in [-0.05, 0) is 6.07 Å². The van der Waals surface area contributed by atoms with Gasteiger partial charge in [0.15, 0.2) is 0 Å². The first-order valence-electron chi connectivity index (χ1n) is 5.46. The molecular formula is C11H15N3O4. The van der Waals surface area contributed by atoms with Crippen LogP contribution in [0, 0.1) is 10.1 Å². The van der Waals surface area contributed by atoms with Gasteiger partial charge in [0.05, 0.1) is 24.6 Å². The number of anilines is 1. The minimum absolute atomic E-state index is 0.131. The fourth-order valence-corrected chi connectivity index (χ4v) is 1.30. The molecule has 0 radical (unpaired) electrons. The zero-order valence-corrected chi connectivity index (χ0v) is 9.80. The van der Waals surface area contributed by atoms with Crippen LogP contribution in [0.25, 0.3) is 0 Å². The van der Waals surface area contributed by atoms with E-state index in [1.807, 2.05) is 0 Å². The molecule has 0 aliphatic carbocycles. The average Bonchev–Trinajstić information content (AvgIpc) is 2.35. The summed E-state index contributed by atoms with van der Waals surface area (Å²) in [5.74, 6) is -0.332. The maximum atomic E-state index is 11.5. The zero-order valence-electron chi connectivity index (χ0n) is 9.80. The first kappa shape index (κ1) is 14.1. The van der Waals surface area contributed by atoms with Crippen LogP contribution >= 0.6 is 0 Å². The van der Waals surface area contributed by atoms with Crippen LogP contribution in [-0.2, 0) is 9.53 Å². The van der Waals surface area contributed by atoms with E-state index < -0.39 is 4.92 Å². The Morgan fingerprint density at radius 3 is 2.78 bits per heavy atom. The molecular weight excluding hydrogens is 238 g/mol. The van der Waals surface area contributed by atoms with Gasteiger partial charge in [-0.2, -0.15) is 0 Å². The Labute approximate surface area is 104 Å². The second-order valence-corrected chi connectivity index (χ2v) is 3.47. The van der Waals surface area contributed by atoms with E-state index in [9.17, 15) is 14.9 Å². The fraction of sp³-hybridized carbons (Fsp3) is 0.364. The lowest BCUT2D eigenvalue weighted by Gasteiger charge is -2.06. The van der Waals surface area contributed by atoms with E-state index in [1.165, 1.54) is 18.2 Å². The van der Waals surface area contributed by atoms with Gasteiger partial charge in [-0.3, -0.25) is 14.9 Å². The van der Waals surface area contributed by atoms with Crippen LogP contribution in [0.4, 0.5) is 11.4 Å². The molecule has 7 nitrogen and oxygen atoms in total. The van der Waals surface area contributed by atoms with Crippen molar-refractivity contribution >= 4 is 17.3 Å². The Morgan fingerprint density at radius 1 is 1.39 bits per heavy atom. The van der Waals surface area contributed by atoms with Crippen LogP contribution in [0.15, 0.2) is 24.3 Å². The van der Waals surface area contributed by atoms with Gasteiger partial charge < -0.3 is 15.8 Å². The number of nitrogens with two attached hydrogens (primary N) is 1. The molecule has 0 bridgehead atoms. The van der Waals surface area contributed by atoms with Gasteiger partial charge in [0, 0.05) is 12.6 Å². The zero-order chi connectivity index (χ0) is 13.4. The number of nitro groups is 1. The monoisotopic (exact) mass is 253 g/mol. The topological polar surface area (TPSA) is 107 Å². The molecule has 0 heterocycles. The first-order chi connectivity index (χ1) is 8.65. The Bertz CT molecular complexity index is 423. The molecule has 3 N–H and O–H groups in total. The van der Waals surface area contributed by atoms with E-state index in [-0.39, 0.29) is 30.3 Å². The maximum Gasteiger partial charge on any atom is 0.292 e. The average molecular weight is 253 g/mol. The molecule has 1 aromatic carbocycles. The highest BCUT2D eigenvalue weighted by atomic mass is 16.6. The van der Waals surface area contributed by atoms with E-state index in [1.54, 1.807) is 6.07 Å². The highest BCUT2D eigenvalue weighted by molar-refractivity contribution is 5.93. The molecule has 0 atom stereocenters. The lowest BCUT2D eigenvalue weighted by atomic mass is 10.2. The molecule has 0 saturated carbocycles. The van der Waals surface area contributed by atoms with Crippen molar-refractivity contribution < 1.29 is 14.5 Å². The molecule has 7 heteroatoms. The van der Waals surface area contributed by atoms with Crippen LogP contribution in [0.3, 0.4) is 0 Å². The number of carbonyl (C=O) groups is 1. The fourth-order valence-electron chi connectivity index (χ4n) is 1.30. The van der Waals surface area contributed by atoms with Gasteiger partial charge in [-0.1, -0.05) is 12.1 Å². The summed E-state index contributed by atoms with van der Waals surface area (Å²) in [6.45, 7) is 1.02. The van der Waals surface area contributed by atoms with E-state index in [4.69, 9.17) is 10.5 Å². The number of nitrogens with one attached hydrogen (secondary N) is 1. The lowest BCUT2D eigenvalue weighted by Crippen LogP contribution is -2.16. The molecule has 0 unspecified atom stereocenters. The predicted molar refractivity (Wildman–Crippen MR) is 66.2 cm³/mol. The summed E-state index contributed by atoms with van der Waals surface area (Å²) in [4.78, 5) is 21.7. The van der Waals surface area contributed by atoms with Gasteiger partial charge in [0.1, 0.15) is 5.69 Å². The number of hydrogen-bond donors (Lipinski definition) is 2. The van der Waals surface area contributed by atoms with Crippen molar-refractivity contribution in [2.24, 2.45) is 5.73 Å². The number of nitrogens with zero attached hydrogens (tertiary/aromatic N) is 1. The van der Waals surface area contributed by atoms with Crippen molar-refractivity contribution in [2.45, 2.75) is 6.42 Å². The number of para-hydroxylation sites is 2. The van der Waals surface area contributed by atoms with Crippen LogP contribution in [0.1, 0.15) is 6.42 Å². The second kappa shape index (κ2) is 7.36. The Hall–Kier alpha value is -1.99. The smallest absolute Gasteiger partial charge is 0.292 e. The standard InChI is InChI=1S/C11H15N3O4/c12-6-8-18-7-5-11(15)13-9-3-1-2-4-10(9)14(16)17/h1-4H,5-8,12H2,(H,13,15). The maximum absolute atomic E-state index is 11.5. The van der Waals surface area contributed by atoms with Crippen LogP contribution in [-0.4, -0.2) is 30.6 Å².